The second-order valence-corrected chi connectivity index (χ2v) is 9.11. The predicted molar refractivity (Wildman–Crippen MR) is 124 cm³/mol. The molecule has 0 bridgehead atoms. The zero-order chi connectivity index (χ0) is 20.6. The number of thiophene rings is 1. The molecule has 2 aliphatic rings. The Morgan fingerprint density at radius 3 is 2.65 bits per heavy atom. The van der Waals surface area contributed by atoms with E-state index in [9.17, 15) is 0 Å². The molecule has 1 N–H and O–H groups in total. The number of nitrogens with one attached hydrogen (secondary N) is 1. The number of ether oxygens (including phenoxy) is 1. The third-order valence-corrected chi connectivity index (χ3v) is 7.35. The first-order chi connectivity index (χ1) is 15.4. The maximum absolute atomic E-state index is 5.58. The lowest BCUT2D eigenvalue weighted by atomic mass is 9.90. The number of pyridine rings is 1. The molecule has 7 nitrogen and oxygen atoms in total. The minimum Gasteiger partial charge on any atom is -0.379 e. The molecular formula is C23H24N6OS. The molecule has 6 rings (SSSR count). The van der Waals surface area contributed by atoms with Gasteiger partial charge in [0.2, 0.25) is 0 Å². The van der Waals surface area contributed by atoms with Crippen LogP contribution in [0.25, 0.3) is 20.4 Å². The van der Waals surface area contributed by atoms with Crippen LogP contribution in [0.4, 0.5) is 11.5 Å². The van der Waals surface area contributed by atoms with E-state index < -0.39 is 0 Å². The summed E-state index contributed by atoms with van der Waals surface area (Å²) in [6, 6.07) is 10.2. The van der Waals surface area contributed by atoms with Crippen LogP contribution >= 0.6 is 11.3 Å². The standard InChI is InChI=1S/C23H24N6OS/c1-2-6-15(7-3-1)24-14-18-21-20(27-28-26-18)19-16-8-4-5-9-17(16)22(25-23(19)31-21)29-10-12-30-13-11-29/h1-3,6-7,24H,4-5,8-14H2. The maximum atomic E-state index is 5.58. The Morgan fingerprint density at radius 2 is 1.81 bits per heavy atom. The molecule has 1 saturated heterocycles. The molecule has 4 aromatic rings. The van der Waals surface area contributed by atoms with Gasteiger partial charge in [-0.3, -0.25) is 0 Å². The highest BCUT2D eigenvalue weighted by Gasteiger charge is 2.26. The largest absolute Gasteiger partial charge is 0.379 e. The van der Waals surface area contributed by atoms with Crippen molar-refractivity contribution in [2.24, 2.45) is 0 Å². The van der Waals surface area contributed by atoms with Gasteiger partial charge < -0.3 is 15.0 Å². The van der Waals surface area contributed by atoms with Gasteiger partial charge in [-0.1, -0.05) is 18.2 Å². The molecule has 31 heavy (non-hydrogen) atoms. The minimum atomic E-state index is 0.612. The van der Waals surface area contributed by atoms with E-state index in [1.54, 1.807) is 11.3 Å². The normalized spacial score (nSPS) is 16.6. The van der Waals surface area contributed by atoms with Crippen molar-refractivity contribution >= 4 is 43.3 Å². The Balaban J connectivity index is 1.47. The number of morpholine rings is 1. The summed E-state index contributed by atoms with van der Waals surface area (Å²) in [6.07, 6.45) is 4.61. The van der Waals surface area contributed by atoms with Crippen LogP contribution in [0.5, 0.6) is 0 Å². The smallest absolute Gasteiger partial charge is 0.133 e. The third-order valence-electron chi connectivity index (χ3n) is 6.23. The molecular weight excluding hydrogens is 408 g/mol. The van der Waals surface area contributed by atoms with Crippen molar-refractivity contribution in [3.8, 4) is 0 Å². The Bertz CT molecular complexity index is 1240. The molecule has 8 heteroatoms. The lowest BCUT2D eigenvalue weighted by Crippen LogP contribution is -2.37. The Labute approximate surface area is 184 Å². The number of aromatic nitrogens is 4. The topological polar surface area (TPSA) is 76.1 Å². The zero-order valence-electron chi connectivity index (χ0n) is 17.3. The van der Waals surface area contributed by atoms with E-state index in [0.29, 0.717) is 6.54 Å². The Hall–Kier alpha value is -2.84. The van der Waals surface area contributed by atoms with Crippen molar-refractivity contribution in [2.75, 3.05) is 36.5 Å². The van der Waals surface area contributed by atoms with E-state index >= 15 is 0 Å². The fourth-order valence-corrected chi connectivity index (χ4v) is 5.82. The summed E-state index contributed by atoms with van der Waals surface area (Å²) in [7, 11) is 0. The summed E-state index contributed by atoms with van der Waals surface area (Å²) in [5.41, 5.74) is 5.78. The molecule has 0 spiro atoms. The number of para-hydroxylation sites is 1. The van der Waals surface area contributed by atoms with E-state index in [1.165, 1.54) is 29.4 Å². The molecule has 0 atom stereocenters. The summed E-state index contributed by atoms with van der Waals surface area (Å²) >= 11 is 1.70. The molecule has 1 aliphatic carbocycles. The van der Waals surface area contributed by atoms with E-state index in [0.717, 1.165) is 71.4 Å². The van der Waals surface area contributed by atoms with Gasteiger partial charge >= 0.3 is 0 Å². The number of aryl methyl sites for hydroxylation is 1. The van der Waals surface area contributed by atoms with E-state index in [4.69, 9.17) is 9.72 Å². The number of anilines is 2. The molecule has 4 heterocycles. The van der Waals surface area contributed by atoms with Crippen LogP contribution < -0.4 is 10.2 Å². The third kappa shape index (κ3) is 3.40. The molecule has 1 aliphatic heterocycles. The first-order valence-corrected chi connectivity index (χ1v) is 11.8. The van der Waals surface area contributed by atoms with E-state index in [-0.39, 0.29) is 0 Å². The second-order valence-electron chi connectivity index (χ2n) is 8.11. The molecule has 1 aromatic carbocycles. The fraction of sp³-hybridized carbons (Fsp3) is 0.391. The van der Waals surface area contributed by atoms with Crippen molar-refractivity contribution in [3.63, 3.8) is 0 Å². The van der Waals surface area contributed by atoms with Crippen LogP contribution in [0, 0.1) is 0 Å². The van der Waals surface area contributed by atoms with Crippen LogP contribution in [-0.4, -0.2) is 46.7 Å². The molecule has 1 fully saturated rings. The molecule has 0 amide bonds. The summed E-state index contributed by atoms with van der Waals surface area (Å²) in [6.45, 7) is 3.96. The highest BCUT2D eigenvalue weighted by atomic mass is 32.1. The average Bonchev–Trinajstić information content (AvgIpc) is 3.23. The van der Waals surface area contributed by atoms with Gasteiger partial charge in [-0.05, 0) is 54.2 Å². The Kier molecular flexibility index (Phi) is 4.88. The van der Waals surface area contributed by atoms with Crippen LogP contribution in [0.3, 0.4) is 0 Å². The van der Waals surface area contributed by atoms with Gasteiger partial charge in [0.15, 0.2) is 0 Å². The lowest BCUT2D eigenvalue weighted by Gasteiger charge is -2.31. The van der Waals surface area contributed by atoms with Crippen molar-refractivity contribution < 1.29 is 4.74 Å². The van der Waals surface area contributed by atoms with Crippen molar-refractivity contribution in [1.29, 1.82) is 0 Å². The van der Waals surface area contributed by atoms with Crippen LogP contribution in [0.15, 0.2) is 30.3 Å². The van der Waals surface area contributed by atoms with Gasteiger partial charge in [0.25, 0.3) is 0 Å². The highest BCUT2D eigenvalue weighted by Crippen LogP contribution is 2.41. The highest BCUT2D eigenvalue weighted by molar-refractivity contribution is 7.25. The second kappa shape index (κ2) is 8.01. The lowest BCUT2D eigenvalue weighted by molar-refractivity contribution is 0.122. The minimum absolute atomic E-state index is 0.612. The molecule has 3 aromatic heterocycles. The number of benzene rings is 1. The molecule has 158 valence electrons. The fourth-order valence-electron chi connectivity index (χ4n) is 4.70. The van der Waals surface area contributed by atoms with Gasteiger partial charge in [-0.15, -0.1) is 21.5 Å². The monoisotopic (exact) mass is 432 g/mol. The van der Waals surface area contributed by atoms with Gasteiger partial charge in [0.05, 0.1) is 24.5 Å². The predicted octanol–water partition coefficient (Wildman–Crippen LogP) is 3.96. The molecule has 0 saturated carbocycles. The van der Waals surface area contributed by atoms with Gasteiger partial charge in [0.1, 0.15) is 21.9 Å². The van der Waals surface area contributed by atoms with Crippen molar-refractivity contribution in [3.05, 3.63) is 47.2 Å². The maximum Gasteiger partial charge on any atom is 0.133 e. The van der Waals surface area contributed by atoms with E-state index in [1.807, 2.05) is 18.2 Å². The van der Waals surface area contributed by atoms with Crippen molar-refractivity contribution in [2.45, 2.75) is 32.2 Å². The quantitative estimate of drug-likeness (QED) is 0.523. The molecule has 0 unspecified atom stereocenters. The van der Waals surface area contributed by atoms with Crippen LogP contribution in [0.2, 0.25) is 0 Å². The van der Waals surface area contributed by atoms with E-state index in [2.05, 4.69) is 37.8 Å². The summed E-state index contributed by atoms with van der Waals surface area (Å²) in [4.78, 5) is 8.64. The number of fused-ring (bicyclic) bond motifs is 5. The zero-order valence-corrected chi connectivity index (χ0v) is 18.1. The number of hydrogen-bond acceptors (Lipinski definition) is 8. The van der Waals surface area contributed by atoms with Crippen LogP contribution in [0.1, 0.15) is 29.7 Å². The number of hydrogen-bond donors (Lipinski definition) is 1. The van der Waals surface area contributed by atoms with Gasteiger partial charge in [-0.25, -0.2) is 4.98 Å². The Morgan fingerprint density at radius 1 is 1.00 bits per heavy atom. The number of nitrogens with zero attached hydrogens (tertiary/aromatic N) is 5. The summed E-state index contributed by atoms with van der Waals surface area (Å²) in [5.74, 6) is 1.15. The van der Waals surface area contributed by atoms with Crippen LogP contribution in [-0.2, 0) is 24.1 Å². The molecule has 0 radical (unpaired) electrons. The average molecular weight is 433 g/mol. The van der Waals surface area contributed by atoms with Crippen molar-refractivity contribution in [1.82, 2.24) is 20.4 Å². The van der Waals surface area contributed by atoms with Gasteiger partial charge in [-0.2, -0.15) is 0 Å². The van der Waals surface area contributed by atoms with Gasteiger partial charge in [0, 0.05) is 24.2 Å². The summed E-state index contributed by atoms with van der Waals surface area (Å²) in [5, 5.41) is 17.6. The first kappa shape index (κ1) is 18.9. The first-order valence-electron chi connectivity index (χ1n) is 11.0. The summed E-state index contributed by atoms with van der Waals surface area (Å²) < 4.78 is 6.67. The SMILES string of the molecule is c1ccc(NCc2nnnc3c2sc2nc(N4CCOCC4)c4c(c23)CCCC4)cc1. The number of rotatable bonds is 4.